The van der Waals surface area contributed by atoms with Crippen molar-refractivity contribution in [1.29, 1.82) is 0 Å². The van der Waals surface area contributed by atoms with Gasteiger partial charge in [0.25, 0.3) is 0 Å². The lowest BCUT2D eigenvalue weighted by Crippen LogP contribution is -2.27. The Balaban J connectivity index is 2.62. The van der Waals surface area contributed by atoms with Crippen molar-refractivity contribution in [3.63, 3.8) is 0 Å². The van der Waals surface area contributed by atoms with Crippen LogP contribution in [0.2, 0.25) is 0 Å². The number of nitrogens with zero attached hydrogens (tertiary/aromatic N) is 2. The fourth-order valence-corrected chi connectivity index (χ4v) is 1.64. The minimum absolute atomic E-state index is 0.0115. The number of hydrogen-bond acceptors (Lipinski definition) is 4. The molecule has 1 aromatic heterocycles. The number of rotatable bonds is 7. The highest BCUT2D eigenvalue weighted by molar-refractivity contribution is 5.44. The van der Waals surface area contributed by atoms with Gasteiger partial charge >= 0.3 is 0 Å². The van der Waals surface area contributed by atoms with E-state index in [4.69, 9.17) is 10.5 Å². The molecular formula is C13H23N3O. The molecule has 4 nitrogen and oxygen atoms in total. The second-order valence-corrected chi connectivity index (χ2v) is 4.01. The molecule has 0 bridgehead atoms. The summed E-state index contributed by atoms with van der Waals surface area (Å²) in [5.74, 6) is 0. The maximum absolute atomic E-state index is 5.77. The Kier molecular flexibility index (Phi) is 5.94. The van der Waals surface area contributed by atoms with Gasteiger partial charge in [0.05, 0.1) is 24.2 Å². The van der Waals surface area contributed by atoms with Crippen LogP contribution in [0.25, 0.3) is 0 Å². The fraction of sp³-hybridized carbons (Fsp3) is 0.615. The van der Waals surface area contributed by atoms with Crippen molar-refractivity contribution in [2.45, 2.75) is 26.8 Å². The average molecular weight is 237 g/mol. The standard InChI is InChI=1S/C13H23N3O/c1-4-16(8-9-17-5-2)12-6-7-13(11(3)14)15-10-12/h6-7,10-11H,4-5,8-9,14H2,1-3H3/t11-/m1/s1. The van der Waals surface area contributed by atoms with Crippen LogP contribution < -0.4 is 10.6 Å². The van der Waals surface area contributed by atoms with E-state index in [1.807, 2.05) is 26.1 Å². The van der Waals surface area contributed by atoms with Crippen LogP contribution in [0.4, 0.5) is 5.69 Å². The Hall–Kier alpha value is -1.13. The second-order valence-electron chi connectivity index (χ2n) is 4.01. The highest BCUT2D eigenvalue weighted by Gasteiger charge is 2.06. The molecule has 1 rings (SSSR count). The summed E-state index contributed by atoms with van der Waals surface area (Å²) in [6.07, 6.45) is 1.88. The second kappa shape index (κ2) is 7.25. The minimum atomic E-state index is -0.0115. The zero-order valence-electron chi connectivity index (χ0n) is 11.0. The van der Waals surface area contributed by atoms with Crippen LogP contribution in [0.3, 0.4) is 0 Å². The van der Waals surface area contributed by atoms with E-state index < -0.39 is 0 Å². The zero-order chi connectivity index (χ0) is 12.7. The van der Waals surface area contributed by atoms with Gasteiger partial charge in [0.15, 0.2) is 0 Å². The molecule has 0 unspecified atom stereocenters. The molecule has 1 aromatic rings. The first-order chi connectivity index (χ1) is 8.19. The summed E-state index contributed by atoms with van der Waals surface area (Å²) in [5.41, 5.74) is 7.82. The Morgan fingerprint density at radius 1 is 1.41 bits per heavy atom. The molecule has 0 fully saturated rings. The van der Waals surface area contributed by atoms with Gasteiger partial charge in [-0.3, -0.25) is 4.98 Å². The summed E-state index contributed by atoms with van der Waals surface area (Å²) >= 11 is 0. The Morgan fingerprint density at radius 3 is 2.65 bits per heavy atom. The highest BCUT2D eigenvalue weighted by Crippen LogP contribution is 2.15. The number of nitrogens with two attached hydrogens (primary N) is 1. The van der Waals surface area contributed by atoms with Crippen LogP contribution in [0.1, 0.15) is 32.5 Å². The molecule has 4 heteroatoms. The van der Waals surface area contributed by atoms with Crippen LogP contribution in [0.5, 0.6) is 0 Å². The monoisotopic (exact) mass is 237 g/mol. The molecular weight excluding hydrogens is 214 g/mol. The molecule has 17 heavy (non-hydrogen) atoms. The zero-order valence-corrected chi connectivity index (χ0v) is 11.0. The molecule has 0 radical (unpaired) electrons. The van der Waals surface area contributed by atoms with E-state index in [9.17, 15) is 0 Å². The Labute approximate surface area is 104 Å². The third-order valence-corrected chi connectivity index (χ3v) is 2.69. The molecule has 0 aliphatic heterocycles. The molecule has 0 saturated carbocycles. The molecule has 0 aliphatic rings. The summed E-state index contributed by atoms with van der Waals surface area (Å²) in [6.45, 7) is 9.43. The number of likely N-dealkylation sites (N-methyl/N-ethyl adjacent to an activating group) is 1. The number of aromatic nitrogens is 1. The van der Waals surface area contributed by atoms with E-state index in [0.29, 0.717) is 0 Å². The minimum Gasteiger partial charge on any atom is -0.380 e. The third-order valence-electron chi connectivity index (χ3n) is 2.69. The fourth-order valence-electron chi connectivity index (χ4n) is 1.64. The molecule has 0 saturated heterocycles. The topological polar surface area (TPSA) is 51.4 Å². The van der Waals surface area contributed by atoms with Gasteiger partial charge in [0.1, 0.15) is 0 Å². The van der Waals surface area contributed by atoms with Crippen molar-refractivity contribution >= 4 is 5.69 Å². The predicted octanol–water partition coefficient (Wildman–Crippen LogP) is 1.96. The van der Waals surface area contributed by atoms with Crippen molar-refractivity contribution in [3.05, 3.63) is 24.0 Å². The van der Waals surface area contributed by atoms with Crippen molar-refractivity contribution in [1.82, 2.24) is 4.98 Å². The highest BCUT2D eigenvalue weighted by atomic mass is 16.5. The van der Waals surface area contributed by atoms with E-state index in [1.165, 1.54) is 0 Å². The van der Waals surface area contributed by atoms with Gasteiger partial charge in [0.2, 0.25) is 0 Å². The van der Waals surface area contributed by atoms with Crippen LogP contribution in [0.15, 0.2) is 18.3 Å². The van der Waals surface area contributed by atoms with Crippen LogP contribution in [-0.2, 0) is 4.74 Å². The van der Waals surface area contributed by atoms with E-state index in [-0.39, 0.29) is 6.04 Å². The SMILES string of the molecule is CCOCCN(CC)c1ccc([C@@H](C)N)nc1. The summed E-state index contributed by atoms with van der Waals surface area (Å²) in [4.78, 5) is 6.61. The van der Waals surface area contributed by atoms with Crippen LogP contribution in [-0.4, -0.2) is 31.3 Å². The number of hydrogen-bond donors (Lipinski definition) is 1. The maximum Gasteiger partial charge on any atom is 0.0641 e. The molecule has 0 aromatic carbocycles. The van der Waals surface area contributed by atoms with Gasteiger partial charge in [-0.05, 0) is 32.9 Å². The third kappa shape index (κ3) is 4.32. The van der Waals surface area contributed by atoms with Crippen molar-refractivity contribution < 1.29 is 4.74 Å². The molecule has 1 atom stereocenters. The molecule has 96 valence electrons. The van der Waals surface area contributed by atoms with Gasteiger partial charge in [-0.2, -0.15) is 0 Å². The van der Waals surface area contributed by atoms with Gasteiger partial charge in [-0.1, -0.05) is 0 Å². The first-order valence-corrected chi connectivity index (χ1v) is 6.23. The van der Waals surface area contributed by atoms with Gasteiger partial charge in [0, 0.05) is 25.7 Å². The van der Waals surface area contributed by atoms with E-state index in [2.05, 4.69) is 22.9 Å². The quantitative estimate of drug-likeness (QED) is 0.737. The number of pyridine rings is 1. The molecule has 2 N–H and O–H groups in total. The lowest BCUT2D eigenvalue weighted by atomic mass is 10.2. The smallest absolute Gasteiger partial charge is 0.0641 e. The van der Waals surface area contributed by atoms with Crippen molar-refractivity contribution in [2.24, 2.45) is 5.73 Å². The normalized spacial score (nSPS) is 12.5. The van der Waals surface area contributed by atoms with Gasteiger partial charge in [-0.25, -0.2) is 0 Å². The van der Waals surface area contributed by atoms with Crippen molar-refractivity contribution in [3.8, 4) is 0 Å². The summed E-state index contributed by atoms with van der Waals surface area (Å²) < 4.78 is 5.37. The van der Waals surface area contributed by atoms with E-state index in [1.54, 1.807) is 0 Å². The Morgan fingerprint density at radius 2 is 2.18 bits per heavy atom. The van der Waals surface area contributed by atoms with Gasteiger partial charge in [-0.15, -0.1) is 0 Å². The molecule has 0 amide bonds. The lowest BCUT2D eigenvalue weighted by Gasteiger charge is -2.22. The number of ether oxygens (including phenoxy) is 1. The van der Waals surface area contributed by atoms with E-state index >= 15 is 0 Å². The van der Waals surface area contributed by atoms with Crippen molar-refractivity contribution in [2.75, 3.05) is 31.2 Å². The van der Waals surface area contributed by atoms with Crippen LogP contribution in [0, 0.1) is 0 Å². The van der Waals surface area contributed by atoms with Gasteiger partial charge < -0.3 is 15.4 Å². The molecule has 0 aliphatic carbocycles. The maximum atomic E-state index is 5.77. The average Bonchev–Trinajstić information content (AvgIpc) is 2.35. The Bertz CT molecular complexity index is 311. The summed E-state index contributed by atoms with van der Waals surface area (Å²) in [7, 11) is 0. The van der Waals surface area contributed by atoms with Crippen LogP contribution >= 0.6 is 0 Å². The predicted molar refractivity (Wildman–Crippen MR) is 71.2 cm³/mol. The first-order valence-electron chi connectivity index (χ1n) is 6.23. The van der Waals surface area contributed by atoms with E-state index in [0.717, 1.165) is 37.7 Å². The lowest BCUT2D eigenvalue weighted by molar-refractivity contribution is 0.154. The summed E-state index contributed by atoms with van der Waals surface area (Å²) in [5, 5.41) is 0. The number of anilines is 1. The summed E-state index contributed by atoms with van der Waals surface area (Å²) in [6, 6.07) is 4.05. The largest absolute Gasteiger partial charge is 0.380 e. The molecule has 0 spiro atoms. The first kappa shape index (κ1) is 13.9. The molecule has 1 heterocycles.